The zero-order chi connectivity index (χ0) is 17.9. The van der Waals surface area contributed by atoms with E-state index in [1.54, 1.807) is 7.11 Å². The van der Waals surface area contributed by atoms with Gasteiger partial charge in [0.25, 0.3) is 5.91 Å². The quantitative estimate of drug-likeness (QED) is 0.758. The van der Waals surface area contributed by atoms with Crippen molar-refractivity contribution >= 4 is 17.8 Å². The third-order valence-corrected chi connectivity index (χ3v) is 5.13. The maximum absolute atomic E-state index is 12.2. The summed E-state index contributed by atoms with van der Waals surface area (Å²) in [5, 5.41) is 5.33. The van der Waals surface area contributed by atoms with Crippen LogP contribution in [0.4, 0.5) is 4.79 Å². The largest absolute Gasteiger partial charge is 0.497 e. The normalized spacial score (nSPS) is 19.0. The van der Waals surface area contributed by atoms with Gasteiger partial charge in [0.2, 0.25) is 5.91 Å². The first-order valence-electron chi connectivity index (χ1n) is 8.53. The van der Waals surface area contributed by atoms with Crippen LogP contribution in [0.5, 0.6) is 5.75 Å². The second-order valence-corrected chi connectivity index (χ2v) is 6.63. The Morgan fingerprint density at radius 3 is 2.48 bits per heavy atom. The molecule has 3 rings (SSSR count). The first-order chi connectivity index (χ1) is 12.0. The van der Waals surface area contributed by atoms with E-state index in [0.717, 1.165) is 36.3 Å². The number of urea groups is 1. The lowest BCUT2D eigenvalue weighted by molar-refractivity contribution is -0.130. The van der Waals surface area contributed by atoms with E-state index in [0.29, 0.717) is 6.54 Å². The van der Waals surface area contributed by atoms with Crippen LogP contribution in [-0.4, -0.2) is 49.5 Å². The molecule has 2 fully saturated rings. The number of ether oxygens (including phenoxy) is 1. The zero-order valence-electron chi connectivity index (χ0n) is 14.3. The number of benzene rings is 1. The minimum Gasteiger partial charge on any atom is -0.497 e. The third kappa shape index (κ3) is 3.60. The van der Waals surface area contributed by atoms with Crippen LogP contribution in [-0.2, 0) is 15.0 Å². The summed E-state index contributed by atoms with van der Waals surface area (Å²) in [5.41, 5.74) is 1.08. The number of nitrogens with one attached hydrogen (secondary N) is 2. The van der Waals surface area contributed by atoms with Gasteiger partial charge in [0.1, 0.15) is 12.3 Å². The Labute approximate surface area is 146 Å². The van der Waals surface area contributed by atoms with E-state index in [-0.39, 0.29) is 30.3 Å². The Bertz CT molecular complexity index is 649. The van der Waals surface area contributed by atoms with Crippen molar-refractivity contribution in [2.45, 2.75) is 31.1 Å². The van der Waals surface area contributed by atoms with E-state index in [1.807, 2.05) is 24.3 Å². The summed E-state index contributed by atoms with van der Waals surface area (Å²) in [6.07, 6.45) is 4.25. The summed E-state index contributed by atoms with van der Waals surface area (Å²) in [5.74, 6) is 0.121. The van der Waals surface area contributed by atoms with Crippen LogP contribution in [0.1, 0.15) is 31.2 Å². The fraction of sp³-hybridized carbons (Fsp3) is 0.500. The number of methoxy groups -OCH3 is 1. The van der Waals surface area contributed by atoms with Crippen LogP contribution in [0.2, 0.25) is 0 Å². The van der Waals surface area contributed by atoms with Crippen LogP contribution in [0, 0.1) is 0 Å². The number of hydrogen-bond acceptors (Lipinski definition) is 4. The molecule has 1 aliphatic carbocycles. The van der Waals surface area contributed by atoms with Gasteiger partial charge in [-0.2, -0.15) is 0 Å². The van der Waals surface area contributed by atoms with Crippen molar-refractivity contribution in [1.29, 1.82) is 0 Å². The Kier molecular flexibility index (Phi) is 4.92. The molecule has 134 valence electrons. The van der Waals surface area contributed by atoms with Gasteiger partial charge in [0, 0.05) is 12.0 Å². The van der Waals surface area contributed by atoms with Crippen LogP contribution in [0.25, 0.3) is 0 Å². The number of rotatable bonds is 6. The van der Waals surface area contributed by atoms with Crippen LogP contribution >= 0.6 is 0 Å². The summed E-state index contributed by atoms with van der Waals surface area (Å²) in [6, 6.07) is 7.46. The Balaban J connectivity index is 1.64. The molecule has 0 bridgehead atoms. The second kappa shape index (κ2) is 7.13. The van der Waals surface area contributed by atoms with E-state index in [4.69, 9.17) is 4.74 Å². The molecule has 0 atom stereocenters. The molecule has 1 heterocycles. The summed E-state index contributed by atoms with van der Waals surface area (Å²) < 4.78 is 5.21. The smallest absolute Gasteiger partial charge is 0.325 e. The highest BCUT2D eigenvalue weighted by atomic mass is 16.5. The van der Waals surface area contributed by atoms with Gasteiger partial charge in [-0.25, -0.2) is 4.79 Å². The monoisotopic (exact) mass is 345 g/mol. The van der Waals surface area contributed by atoms with Gasteiger partial charge >= 0.3 is 6.03 Å². The van der Waals surface area contributed by atoms with E-state index < -0.39 is 6.03 Å². The number of hydrogen-bond donors (Lipinski definition) is 2. The molecular weight excluding hydrogens is 322 g/mol. The van der Waals surface area contributed by atoms with Crippen molar-refractivity contribution in [1.82, 2.24) is 15.5 Å². The minimum absolute atomic E-state index is 0.0398. The van der Waals surface area contributed by atoms with Crippen molar-refractivity contribution in [3.8, 4) is 5.75 Å². The van der Waals surface area contributed by atoms with Gasteiger partial charge in [-0.3, -0.25) is 14.5 Å². The van der Waals surface area contributed by atoms with Gasteiger partial charge in [-0.05, 0) is 30.5 Å². The zero-order valence-corrected chi connectivity index (χ0v) is 14.3. The van der Waals surface area contributed by atoms with Crippen molar-refractivity contribution in [2.24, 2.45) is 0 Å². The first-order valence-corrected chi connectivity index (χ1v) is 8.53. The molecule has 7 heteroatoms. The SMILES string of the molecule is COc1ccc(C2(CNC(=O)CN3C(=O)CNC3=O)CCCC2)cc1. The van der Waals surface area contributed by atoms with Crippen molar-refractivity contribution in [3.63, 3.8) is 0 Å². The van der Waals surface area contributed by atoms with Gasteiger partial charge < -0.3 is 15.4 Å². The predicted octanol–water partition coefficient (Wildman–Crippen LogP) is 1.17. The minimum atomic E-state index is -0.508. The number of imide groups is 1. The molecule has 1 aromatic carbocycles. The molecule has 0 radical (unpaired) electrons. The highest BCUT2D eigenvalue weighted by Crippen LogP contribution is 2.41. The molecule has 2 N–H and O–H groups in total. The molecule has 0 unspecified atom stereocenters. The molecule has 2 aliphatic rings. The fourth-order valence-electron chi connectivity index (χ4n) is 3.65. The molecule has 1 aromatic rings. The lowest BCUT2D eigenvalue weighted by atomic mass is 9.78. The maximum Gasteiger partial charge on any atom is 0.325 e. The van der Waals surface area contributed by atoms with Crippen molar-refractivity contribution in [2.75, 3.05) is 26.7 Å². The molecule has 0 aromatic heterocycles. The van der Waals surface area contributed by atoms with Crippen molar-refractivity contribution < 1.29 is 19.1 Å². The number of carbonyl (C=O) groups excluding carboxylic acids is 3. The Morgan fingerprint density at radius 2 is 1.92 bits per heavy atom. The first kappa shape index (κ1) is 17.3. The van der Waals surface area contributed by atoms with Crippen LogP contribution < -0.4 is 15.4 Å². The molecule has 25 heavy (non-hydrogen) atoms. The van der Waals surface area contributed by atoms with Crippen LogP contribution in [0.3, 0.4) is 0 Å². The number of amides is 4. The predicted molar refractivity (Wildman–Crippen MR) is 91.3 cm³/mol. The molecule has 0 spiro atoms. The molecule has 1 saturated carbocycles. The highest BCUT2D eigenvalue weighted by molar-refractivity contribution is 6.04. The molecular formula is C18H23N3O4. The van der Waals surface area contributed by atoms with E-state index in [2.05, 4.69) is 10.6 Å². The van der Waals surface area contributed by atoms with E-state index >= 15 is 0 Å². The third-order valence-electron chi connectivity index (χ3n) is 5.13. The number of nitrogens with zero attached hydrogens (tertiary/aromatic N) is 1. The van der Waals surface area contributed by atoms with Gasteiger partial charge in [0.15, 0.2) is 0 Å². The molecule has 1 aliphatic heterocycles. The molecule has 1 saturated heterocycles. The lowest BCUT2D eigenvalue weighted by Crippen LogP contribution is -2.45. The van der Waals surface area contributed by atoms with Crippen LogP contribution in [0.15, 0.2) is 24.3 Å². The lowest BCUT2D eigenvalue weighted by Gasteiger charge is -2.30. The second-order valence-electron chi connectivity index (χ2n) is 6.63. The average Bonchev–Trinajstić information content (AvgIpc) is 3.23. The highest BCUT2D eigenvalue weighted by Gasteiger charge is 2.36. The van der Waals surface area contributed by atoms with E-state index in [9.17, 15) is 14.4 Å². The Morgan fingerprint density at radius 1 is 1.24 bits per heavy atom. The van der Waals surface area contributed by atoms with E-state index in [1.165, 1.54) is 5.56 Å². The van der Waals surface area contributed by atoms with Gasteiger partial charge in [-0.15, -0.1) is 0 Å². The standard InChI is InChI=1S/C18H23N3O4/c1-25-14-6-4-13(5-7-14)18(8-2-3-9-18)12-20-15(22)11-21-16(23)10-19-17(21)24/h4-7H,2-3,8-12H2,1H3,(H,19,24)(H,20,22). The number of carbonyl (C=O) groups is 3. The summed E-state index contributed by atoms with van der Waals surface area (Å²) in [6.45, 7) is 0.229. The molecule has 4 amide bonds. The molecule has 7 nitrogen and oxygen atoms in total. The topological polar surface area (TPSA) is 87.7 Å². The summed E-state index contributed by atoms with van der Waals surface area (Å²) in [4.78, 5) is 36.3. The summed E-state index contributed by atoms with van der Waals surface area (Å²) in [7, 11) is 1.64. The van der Waals surface area contributed by atoms with Crippen molar-refractivity contribution in [3.05, 3.63) is 29.8 Å². The van der Waals surface area contributed by atoms with Gasteiger partial charge in [-0.1, -0.05) is 25.0 Å². The summed E-state index contributed by atoms with van der Waals surface area (Å²) >= 11 is 0. The average molecular weight is 345 g/mol. The maximum atomic E-state index is 12.2. The Hall–Kier alpha value is -2.57. The fourth-order valence-corrected chi connectivity index (χ4v) is 3.65. The van der Waals surface area contributed by atoms with Gasteiger partial charge in [0.05, 0.1) is 13.7 Å².